The van der Waals surface area contributed by atoms with Crippen LogP contribution in [0.25, 0.3) is 33.3 Å². The van der Waals surface area contributed by atoms with Crippen molar-refractivity contribution in [2.75, 3.05) is 20.8 Å². The third-order valence-electron chi connectivity index (χ3n) is 4.57. The van der Waals surface area contributed by atoms with Crippen molar-refractivity contribution in [1.29, 1.82) is 0 Å². The van der Waals surface area contributed by atoms with Crippen molar-refractivity contribution < 1.29 is 14.5 Å². The first-order valence-corrected chi connectivity index (χ1v) is 8.65. The lowest BCUT2D eigenvalue weighted by Gasteiger charge is -2.07. The zero-order chi connectivity index (χ0) is 19.7. The Morgan fingerprint density at radius 1 is 1.07 bits per heavy atom. The van der Waals surface area contributed by atoms with Crippen LogP contribution in [-0.2, 0) is 23.4 Å². The number of rotatable bonds is 6. The van der Waals surface area contributed by atoms with Gasteiger partial charge in [0.2, 0.25) is 5.88 Å². The maximum atomic E-state index is 12.7. The van der Waals surface area contributed by atoms with Crippen molar-refractivity contribution in [3.63, 3.8) is 0 Å². The van der Waals surface area contributed by atoms with Crippen molar-refractivity contribution in [3.05, 3.63) is 47.1 Å². The number of nitrogens with zero attached hydrogens (tertiary/aromatic N) is 5. The summed E-state index contributed by atoms with van der Waals surface area (Å²) in [6, 6.07) is 7.43. The normalized spacial score (nSPS) is 11.4. The molecule has 0 aliphatic rings. The summed E-state index contributed by atoms with van der Waals surface area (Å²) < 4.78 is 8.29. The fourth-order valence-corrected chi connectivity index (χ4v) is 3.17. The second-order valence-corrected chi connectivity index (χ2v) is 6.13. The van der Waals surface area contributed by atoms with Gasteiger partial charge in [0, 0.05) is 24.9 Å². The number of hydrogen-bond donors (Lipinski definition) is 0. The number of aromatic nitrogens is 5. The van der Waals surface area contributed by atoms with Gasteiger partial charge in [0.05, 0.1) is 49.2 Å². The van der Waals surface area contributed by atoms with Crippen LogP contribution in [0.1, 0.15) is 0 Å². The zero-order valence-corrected chi connectivity index (χ0v) is 15.7. The third-order valence-corrected chi connectivity index (χ3v) is 4.57. The molecule has 0 amide bonds. The second kappa shape index (κ2) is 7.37. The molecule has 4 aromatic heterocycles. The van der Waals surface area contributed by atoms with Crippen LogP contribution in [0.3, 0.4) is 0 Å². The van der Waals surface area contributed by atoms with Crippen LogP contribution in [0, 0.1) is 0 Å². The molecule has 0 radical (unpaired) electrons. The standard InChI is InChI=1S/C19H19N5O4/c1-23-15-11-20-14-6-5-13(12-4-7-16(26-2)21-10-12)22-17(14)18(15)24(19(23)25)8-9-28-27-3/h4-7,10-11H,8-9H2,1-3H3. The molecule has 4 aromatic rings. The van der Waals surface area contributed by atoms with Crippen molar-refractivity contribution in [2.24, 2.45) is 7.05 Å². The molecule has 0 fully saturated rings. The number of aryl methyl sites for hydroxylation is 1. The predicted molar refractivity (Wildman–Crippen MR) is 103 cm³/mol. The highest BCUT2D eigenvalue weighted by Crippen LogP contribution is 2.25. The first kappa shape index (κ1) is 18.1. The summed E-state index contributed by atoms with van der Waals surface area (Å²) in [5, 5.41) is 0. The molecule has 4 rings (SSSR count). The number of methoxy groups -OCH3 is 1. The summed E-state index contributed by atoms with van der Waals surface area (Å²) in [4.78, 5) is 35.8. The van der Waals surface area contributed by atoms with Gasteiger partial charge in [-0.05, 0) is 18.2 Å². The van der Waals surface area contributed by atoms with E-state index in [1.807, 2.05) is 18.2 Å². The van der Waals surface area contributed by atoms with E-state index in [1.165, 1.54) is 7.11 Å². The first-order chi connectivity index (χ1) is 13.6. The van der Waals surface area contributed by atoms with Gasteiger partial charge in [-0.25, -0.2) is 24.5 Å². The average Bonchev–Trinajstić information content (AvgIpc) is 2.99. The van der Waals surface area contributed by atoms with Gasteiger partial charge in [-0.15, -0.1) is 0 Å². The highest BCUT2D eigenvalue weighted by molar-refractivity contribution is 6.00. The van der Waals surface area contributed by atoms with E-state index in [-0.39, 0.29) is 12.3 Å². The Kier molecular flexibility index (Phi) is 4.76. The monoisotopic (exact) mass is 381 g/mol. The predicted octanol–water partition coefficient (Wildman–Crippen LogP) is 1.93. The molecule has 0 bridgehead atoms. The Morgan fingerprint density at radius 3 is 2.64 bits per heavy atom. The minimum Gasteiger partial charge on any atom is -0.481 e. The van der Waals surface area contributed by atoms with E-state index in [2.05, 4.69) is 14.9 Å². The molecule has 0 saturated carbocycles. The number of ether oxygens (including phenoxy) is 1. The quantitative estimate of drug-likeness (QED) is 0.286. The smallest absolute Gasteiger partial charge is 0.329 e. The van der Waals surface area contributed by atoms with Gasteiger partial charge in [0.25, 0.3) is 0 Å². The van der Waals surface area contributed by atoms with Crippen molar-refractivity contribution in [1.82, 2.24) is 24.1 Å². The summed E-state index contributed by atoms with van der Waals surface area (Å²) >= 11 is 0. The topological polar surface area (TPSA) is 93.3 Å². The lowest BCUT2D eigenvalue weighted by Crippen LogP contribution is -2.24. The average molecular weight is 381 g/mol. The van der Waals surface area contributed by atoms with Crippen LogP contribution in [0.4, 0.5) is 0 Å². The summed E-state index contributed by atoms with van der Waals surface area (Å²) in [5.41, 5.74) is 4.15. The van der Waals surface area contributed by atoms with Crippen LogP contribution in [0.15, 0.2) is 41.5 Å². The van der Waals surface area contributed by atoms with Crippen LogP contribution < -0.4 is 10.4 Å². The van der Waals surface area contributed by atoms with Crippen LogP contribution in [0.2, 0.25) is 0 Å². The largest absolute Gasteiger partial charge is 0.481 e. The molecular weight excluding hydrogens is 362 g/mol. The van der Waals surface area contributed by atoms with E-state index in [9.17, 15) is 4.79 Å². The number of imidazole rings is 1. The van der Waals surface area contributed by atoms with Crippen LogP contribution in [0.5, 0.6) is 5.88 Å². The molecule has 9 nitrogen and oxygen atoms in total. The van der Waals surface area contributed by atoms with Gasteiger partial charge in [-0.2, -0.15) is 0 Å². The van der Waals surface area contributed by atoms with Crippen LogP contribution in [-0.4, -0.2) is 44.9 Å². The molecule has 144 valence electrons. The molecule has 0 saturated heterocycles. The number of fused-ring (bicyclic) bond motifs is 3. The fraction of sp³-hybridized carbons (Fsp3) is 0.263. The number of hydrogen-bond acceptors (Lipinski definition) is 7. The Labute approximate surface area is 160 Å². The van der Waals surface area contributed by atoms with Gasteiger partial charge in [-0.3, -0.25) is 14.1 Å². The van der Waals surface area contributed by atoms with Crippen LogP contribution >= 0.6 is 0 Å². The summed E-state index contributed by atoms with van der Waals surface area (Å²) in [5.74, 6) is 0.531. The number of pyridine rings is 3. The van der Waals surface area contributed by atoms with E-state index in [0.29, 0.717) is 34.5 Å². The van der Waals surface area contributed by atoms with Gasteiger partial charge in [-0.1, -0.05) is 0 Å². The van der Waals surface area contributed by atoms with E-state index >= 15 is 0 Å². The minimum atomic E-state index is -0.165. The summed E-state index contributed by atoms with van der Waals surface area (Å²) in [6.07, 6.45) is 3.38. The van der Waals surface area contributed by atoms with Crippen molar-refractivity contribution >= 4 is 22.1 Å². The molecule has 0 atom stereocenters. The molecule has 0 unspecified atom stereocenters. The molecule has 4 heterocycles. The van der Waals surface area contributed by atoms with Crippen molar-refractivity contribution in [2.45, 2.75) is 6.54 Å². The van der Waals surface area contributed by atoms with E-state index in [0.717, 1.165) is 11.3 Å². The summed E-state index contributed by atoms with van der Waals surface area (Å²) in [6.45, 7) is 0.570. The molecule has 0 aliphatic carbocycles. The Balaban J connectivity index is 1.91. The molecule has 0 spiro atoms. The SMILES string of the molecule is COOCCn1c(=O)n(C)c2cnc3ccc(-c4ccc(OC)nc4)nc3c21. The van der Waals surface area contributed by atoms with E-state index < -0.39 is 0 Å². The van der Waals surface area contributed by atoms with E-state index in [1.54, 1.807) is 41.8 Å². The first-order valence-electron chi connectivity index (χ1n) is 8.65. The van der Waals surface area contributed by atoms with Gasteiger partial charge < -0.3 is 4.74 Å². The summed E-state index contributed by atoms with van der Waals surface area (Å²) in [7, 11) is 4.71. The zero-order valence-electron chi connectivity index (χ0n) is 15.7. The van der Waals surface area contributed by atoms with E-state index in [4.69, 9.17) is 14.6 Å². The Bertz CT molecular complexity index is 1200. The second-order valence-electron chi connectivity index (χ2n) is 6.13. The third kappa shape index (κ3) is 3.00. The molecular formula is C19H19N5O4. The minimum absolute atomic E-state index is 0.165. The molecule has 9 heteroatoms. The molecule has 0 aliphatic heterocycles. The van der Waals surface area contributed by atoms with Crippen molar-refractivity contribution in [3.8, 4) is 17.1 Å². The highest BCUT2D eigenvalue weighted by Gasteiger charge is 2.16. The maximum Gasteiger partial charge on any atom is 0.329 e. The molecule has 28 heavy (non-hydrogen) atoms. The van der Waals surface area contributed by atoms with Gasteiger partial charge in [0.15, 0.2) is 0 Å². The Morgan fingerprint density at radius 2 is 1.93 bits per heavy atom. The van der Waals surface area contributed by atoms with Gasteiger partial charge >= 0.3 is 5.69 Å². The lowest BCUT2D eigenvalue weighted by atomic mass is 10.1. The fourth-order valence-electron chi connectivity index (χ4n) is 3.17. The molecule has 0 aromatic carbocycles. The lowest BCUT2D eigenvalue weighted by molar-refractivity contribution is -0.273. The van der Waals surface area contributed by atoms with Gasteiger partial charge in [0.1, 0.15) is 12.1 Å². The molecule has 0 N–H and O–H groups in total. The highest BCUT2D eigenvalue weighted by atomic mass is 17.2. The Hall–Kier alpha value is -3.30. The maximum absolute atomic E-state index is 12.7.